The van der Waals surface area contributed by atoms with Crippen molar-refractivity contribution in [2.75, 3.05) is 6.61 Å². The molecule has 0 amide bonds. The Morgan fingerprint density at radius 3 is 2.40 bits per heavy atom. The van der Waals surface area contributed by atoms with Crippen LogP contribution in [0.4, 0.5) is 0 Å². The van der Waals surface area contributed by atoms with E-state index in [1.807, 2.05) is 13.8 Å². The lowest BCUT2D eigenvalue weighted by Crippen LogP contribution is -2.27. The molecule has 2 unspecified atom stereocenters. The molecule has 2 atom stereocenters. The van der Waals surface area contributed by atoms with Gasteiger partial charge in [0, 0.05) is 5.92 Å². The van der Waals surface area contributed by atoms with E-state index in [1.165, 1.54) is 38.5 Å². The van der Waals surface area contributed by atoms with Crippen LogP contribution in [0.3, 0.4) is 0 Å². The average molecular weight is 206 g/mol. The molecule has 0 aromatic heterocycles. The summed E-state index contributed by atoms with van der Waals surface area (Å²) in [5.74, 6) is 8.17. The quantitative estimate of drug-likeness (QED) is 0.437. The topological polar surface area (TPSA) is 12.5 Å². The zero-order valence-electron chi connectivity index (χ0n) is 10.0. The maximum atomic E-state index is 5.60. The SMILES string of the molecule is C(#CC1CCCCC12CO2)C1CC1.CC. The maximum absolute atomic E-state index is 5.60. The van der Waals surface area contributed by atoms with E-state index in [4.69, 9.17) is 4.74 Å². The summed E-state index contributed by atoms with van der Waals surface area (Å²) >= 11 is 0. The Morgan fingerprint density at radius 1 is 1.07 bits per heavy atom. The summed E-state index contributed by atoms with van der Waals surface area (Å²) in [5, 5.41) is 0. The van der Waals surface area contributed by atoms with Gasteiger partial charge in [0.2, 0.25) is 0 Å². The highest BCUT2D eigenvalue weighted by molar-refractivity contribution is 5.19. The molecule has 0 aromatic rings. The molecular formula is C14H22O. The standard InChI is InChI=1S/C12H16O.C2H6/c1-2-8-12(9-13-12)11(3-1)7-6-10-4-5-10;1-2/h10-11H,1-5,8-9H2;1-2H3. The number of hydrogen-bond acceptors (Lipinski definition) is 1. The Bertz CT molecular complexity index is 263. The van der Waals surface area contributed by atoms with Crippen LogP contribution >= 0.6 is 0 Å². The van der Waals surface area contributed by atoms with Gasteiger partial charge in [0.05, 0.1) is 12.5 Å². The molecule has 1 heterocycles. The molecule has 1 aliphatic heterocycles. The van der Waals surface area contributed by atoms with Gasteiger partial charge in [0.25, 0.3) is 0 Å². The number of ether oxygens (including phenoxy) is 1. The fraction of sp³-hybridized carbons (Fsp3) is 0.857. The molecule has 0 radical (unpaired) electrons. The first-order valence-electron chi connectivity index (χ1n) is 6.54. The van der Waals surface area contributed by atoms with Crippen molar-refractivity contribution >= 4 is 0 Å². The number of rotatable bonds is 0. The van der Waals surface area contributed by atoms with Gasteiger partial charge in [-0.25, -0.2) is 0 Å². The molecular weight excluding hydrogens is 184 g/mol. The van der Waals surface area contributed by atoms with Crippen LogP contribution in [0.2, 0.25) is 0 Å². The summed E-state index contributed by atoms with van der Waals surface area (Å²) in [5.41, 5.74) is 0.236. The Balaban J connectivity index is 0.000000404. The first-order valence-corrected chi connectivity index (χ1v) is 6.54. The van der Waals surface area contributed by atoms with Crippen LogP contribution in [-0.4, -0.2) is 12.2 Å². The maximum Gasteiger partial charge on any atom is 0.105 e. The molecule has 1 saturated heterocycles. The Morgan fingerprint density at radius 2 is 1.80 bits per heavy atom. The minimum Gasteiger partial charge on any atom is -0.368 e. The minimum atomic E-state index is 0.236. The van der Waals surface area contributed by atoms with E-state index >= 15 is 0 Å². The van der Waals surface area contributed by atoms with E-state index in [1.54, 1.807) is 0 Å². The van der Waals surface area contributed by atoms with Gasteiger partial charge in [-0.05, 0) is 25.7 Å². The molecule has 84 valence electrons. The molecule has 1 heteroatoms. The van der Waals surface area contributed by atoms with Crippen LogP contribution in [-0.2, 0) is 4.74 Å². The first kappa shape index (κ1) is 11.0. The lowest BCUT2D eigenvalue weighted by Gasteiger charge is -2.24. The molecule has 3 aliphatic rings. The van der Waals surface area contributed by atoms with E-state index < -0.39 is 0 Å². The highest BCUT2D eigenvalue weighted by atomic mass is 16.6. The van der Waals surface area contributed by atoms with Gasteiger partial charge in [-0.15, -0.1) is 0 Å². The zero-order valence-corrected chi connectivity index (χ0v) is 10.0. The summed E-state index contributed by atoms with van der Waals surface area (Å²) in [4.78, 5) is 0. The second kappa shape index (κ2) is 4.58. The molecule has 3 rings (SSSR count). The fourth-order valence-corrected chi connectivity index (χ4v) is 2.30. The van der Waals surface area contributed by atoms with Gasteiger partial charge >= 0.3 is 0 Å². The summed E-state index contributed by atoms with van der Waals surface area (Å²) in [7, 11) is 0. The molecule has 0 aromatic carbocycles. The van der Waals surface area contributed by atoms with Gasteiger partial charge in [-0.3, -0.25) is 0 Å². The normalized spacial score (nSPS) is 37.3. The smallest absolute Gasteiger partial charge is 0.105 e. The Hall–Kier alpha value is -0.480. The van der Waals surface area contributed by atoms with Gasteiger partial charge in [0.15, 0.2) is 0 Å². The van der Waals surface area contributed by atoms with Crippen molar-refractivity contribution in [1.82, 2.24) is 0 Å². The monoisotopic (exact) mass is 206 g/mol. The van der Waals surface area contributed by atoms with Crippen molar-refractivity contribution in [2.24, 2.45) is 11.8 Å². The molecule has 3 fully saturated rings. The molecule has 2 aliphatic carbocycles. The van der Waals surface area contributed by atoms with Crippen LogP contribution in [0, 0.1) is 23.7 Å². The predicted molar refractivity (Wildman–Crippen MR) is 62.5 cm³/mol. The second-order valence-corrected chi connectivity index (χ2v) is 4.71. The summed E-state index contributed by atoms with van der Waals surface area (Å²) in [6, 6.07) is 0. The molecule has 1 nitrogen and oxygen atoms in total. The van der Waals surface area contributed by atoms with Crippen molar-refractivity contribution in [1.29, 1.82) is 0 Å². The fourth-order valence-electron chi connectivity index (χ4n) is 2.30. The molecule has 1 spiro atoms. The third kappa shape index (κ3) is 2.55. The largest absolute Gasteiger partial charge is 0.368 e. The summed E-state index contributed by atoms with van der Waals surface area (Å²) in [6.45, 7) is 4.98. The lowest BCUT2D eigenvalue weighted by atomic mass is 9.80. The Kier molecular flexibility index (Phi) is 3.36. The van der Waals surface area contributed by atoms with Crippen LogP contribution < -0.4 is 0 Å². The van der Waals surface area contributed by atoms with E-state index in [-0.39, 0.29) is 5.60 Å². The van der Waals surface area contributed by atoms with Crippen molar-refractivity contribution < 1.29 is 4.74 Å². The Labute approximate surface area is 93.6 Å². The van der Waals surface area contributed by atoms with Crippen LogP contribution in [0.5, 0.6) is 0 Å². The van der Waals surface area contributed by atoms with Gasteiger partial charge in [0.1, 0.15) is 5.60 Å². The van der Waals surface area contributed by atoms with Crippen molar-refractivity contribution in [3.63, 3.8) is 0 Å². The summed E-state index contributed by atoms with van der Waals surface area (Å²) in [6.07, 6.45) is 7.93. The summed E-state index contributed by atoms with van der Waals surface area (Å²) < 4.78 is 5.60. The predicted octanol–water partition coefficient (Wildman–Crippen LogP) is 3.39. The van der Waals surface area contributed by atoms with E-state index in [0.717, 1.165) is 12.5 Å². The van der Waals surface area contributed by atoms with Crippen molar-refractivity contribution in [3.8, 4) is 11.8 Å². The molecule has 2 saturated carbocycles. The third-order valence-electron chi connectivity index (χ3n) is 3.53. The van der Waals surface area contributed by atoms with Crippen molar-refractivity contribution in [2.45, 2.75) is 58.0 Å². The molecule has 0 bridgehead atoms. The van der Waals surface area contributed by atoms with E-state index in [2.05, 4.69) is 11.8 Å². The van der Waals surface area contributed by atoms with Crippen molar-refractivity contribution in [3.05, 3.63) is 0 Å². The number of hydrogen-bond donors (Lipinski definition) is 0. The van der Waals surface area contributed by atoms with Crippen LogP contribution in [0.15, 0.2) is 0 Å². The second-order valence-electron chi connectivity index (χ2n) is 4.71. The molecule has 15 heavy (non-hydrogen) atoms. The highest BCUT2D eigenvalue weighted by Crippen LogP contribution is 2.45. The van der Waals surface area contributed by atoms with Gasteiger partial charge in [-0.2, -0.15) is 0 Å². The first-order chi connectivity index (χ1) is 7.39. The van der Waals surface area contributed by atoms with Crippen LogP contribution in [0.25, 0.3) is 0 Å². The third-order valence-corrected chi connectivity index (χ3v) is 3.53. The van der Waals surface area contributed by atoms with E-state index in [0.29, 0.717) is 5.92 Å². The van der Waals surface area contributed by atoms with E-state index in [9.17, 15) is 0 Å². The van der Waals surface area contributed by atoms with Gasteiger partial charge < -0.3 is 4.74 Å². The highest BCUT2D eigenvalue weighted by Gasteiger charge is 2.51. The minimum absolute atomic E-state index is 0.236. The van der Waals surface area contributed by atoms with Gasteiger partial charge in [-0.1, -0.05) is 38.5 Å². The number of epoxide rings is 1. The molecule has 0 N–H and O–H groups in total. The lowest BCUT2D eigenvalue weighted by molar-refractivity contribution is 0.195. The average Bonchev–Trinajstić information content (AvgIpc) is 3.17. The zero-order chi connectivity index (χ0) is 10.7. The van der Waals surface area contributed by atoms with Crippen LogP contribution in [0.1, 0.15) is 52.4 Å².